The molecule has 3 amide bonds. The Bertz CT molecular complexity index is 2000. The second-order valence-electron chi connectivity index (χ2n) is 11.2. The standard InChI is InChI=1S/C39H32N4O3S2/c40-25-32-31-21-10-11-22-34(31)48-39(32)43-38(46)35(27-15-6-2-7-16-27)47-30-20-12-19-29(24-30)41-37(45)33(23-26-13-4-1-5-14-26)42-36(44)28-17-8-3-9-18-28/h1-9,12-20,23-24,35H,10-11,21-22H2,(H,41,45)(H,42,44)(H,43,46)/b33-23-. The molecule has 9 heteroatoms. The molecule has 0 aliphatic heterocycles. The molecule has 0 fully saturated rings. The van der Waals surface area contributed by atoms with Crippen LogP contribution >= 0.6 is 23.1 Å². The maximum atomic E-state index is 13.9. The van der Waals surface area contributed by atoms with Crippen LogP contribution in [0.2, 0.25) is 0 Å². The van der Waals surface area contributed by atoms with Gasteiger partial charge in [0.1, 0.15) is 22.0 Å². The minimum Gasteiger partial charge on any atom is -0.321 e. The van der Waals surface area contributed by atoms with Crippen LogP contribution in [0, 0.1) is 11.3 Å². The number of nitrogens with one attached hydrogen (secondary N) is 3. The maximum Gasteiger partial charge on any atom is 0.272 e. The smallest absolute Gasteiger partial charge is 0.272 e. The number of thioether (sulfide) groups is 1. The van der Waals surface area contributed by atoms with E-state index in [1.165, 1.54) is 28.0 Å². The number of aryl methyl sites for hydroxylation is 1. The Kier molecular flexibility index (Phi) is 10.5. The molecule has 1 aromatic heterocycles. The van der Waals surface area contributed by atoms with E-state index in [1.54, 1.807) is 42.5 Å². The molecule has 4 aromatic carbocycles. The summed E-state index contributed by atoms with van der Waals surface area (Å²) in [5, 5.41) is 18.7. The van der Waals surface area contributed by atoms with Gasteiger partial charge in [0.25, 0.3) is 11.8 Å². The van der Waals surface area contributed by atoms with Crippen molar-refractivity contribution in [1.29, 1.82) is 5.26 Å². The average Bonchev–Trinajstić information content (AvgIpc) is 3.48. The Labute approximate surface area is 287 Å². The van der Waals surface area contributed by atoms with Crippen molar-refractivity contribution in [2.24, 2.45) is 0 Å². The minimum absolute atomic E-state index is 0.0848. The zero-order chi connectivity index (χ0) is 33.3. The van der Waals surface area contributed by atoms with E-state index in [0.717, 1.165) is 47.3 Å². The molecule has 1 heterocycles. The third-order valence-corrected chi connectivity index (χ3v) is 10.3. The van der Waals surface area contributed by atoms with Crippen molar-refractivity contribution in [3.63, 3.8) is 0 Å². The molecule has 0 saturated heterocycles. The van der Waals surface area contributed by atoms with E-state index in [9.17, 15) is 19.6 Å². The summed E-state index contributed by atoms with van der Waals surface area (Å²) in [5.74, 6) is -1.12. The lowest BCUT2D eigenvalue weighted by molar-refractivity contribution is -0.116. The number of fused-ring (bicyclic) bond motifs is 1. The second kappa shape index (κ2) is 15.4. The summed E-state index contributed by atoms with van der Waals surface area (Å²) in [5.41, 5.74) is 4.22. The predicted molar refractivity (Wildman–Crippen MR) is 193 cm³/mol. The number of hydrogen-bond donors (Lipinski definition) is 3. The third-order valence-electron chi connectivity index (χ3n) is 7.85. The largest absolute Gasteiger partial charge is 0.321 e. The Morgan fingerprint density at radius 3 is 2.23 bits per heavy atom. The number of carbonyl (C=O) groups is 3. The van der Waals surface area contributed by atoms with Crippen LogP contribution in [0.15, 0.2) is 126 Å². The van der Waals surface area contributed by atoms with Crippen LogP contribution in [0.3, 0.4) is 0 Å². The van der Waals surface area contributed by atoms with Crippen LogP contribution in [-0.4, -0.2) is 17.7 Å². The number of anilines is 2. The summed E-state index contributed by atoms with van der Waals surface area (Å²) >= 11 is 2.85. The molecular weight excluding hydrogens is 637 g/mol. The lowest BCUT2D eigenvalue weighted by Gasteiger charge is -2.17. The number of benzene rings is 4. The third kappa shape index (κ3) is 7.92. The highest BCUT2D eigenvalue weighted by Crippen LogP contribution is 2.41. The van der Waals surface area contributed by atoms with Crippen LogP contribution in [0.25, 0.3) is 6.08 Å². The van der Waals surface area contributed by atoms with Crippen molar-refractivity contribution in [3.8, 4) is 6.07 Å². The number of nitrogens with zero attached hydrogens (tertiary/aromatic N) is 1. The average molecular weight is 669 g/mol. The first-order valence-corrected chi connectivity index (χ1v) is 17.3. The minimum atomic E-state index is -0.624. The molecule has 0 bridgehead atoms. The zero-order valence-electron chi connectivity index (χ0n) is 25.9. The van der Waals surface area contributed by atoms with Gasteiger partial charge in [-0.3, -0.25) is 14.4 Å². The highest BCUT2D eigenvalue weighted by atomic mass is 32.2. The van der Waals surface area contributed by atoms with Crippen molar-refractivity contribution in [3.05, 3.63) is 154 Å². The van der Waals surface area contributed by atoms with Gasteiger partial charge in [-0.1, -0.05) is 84.9 Å². The van der Waals surface area contributed by atoms with E-state index in [0.29, 0.717) is 21.8 Å². The number of carbonyl (C=O) groups excluding carboxylic acids is 3. The molecule has 238 valence electrons. The van der Waals surface area contributed by atoms with Gasteiger partial charge in [-0.2, -0.15) is 5.26 Å². The number of thiophene rings is 1. The highest BCUT2D eigenvalue weighted by molar-refractivity contribution is 8.00. The molecule has 6 rings (SSSR count). The maximum absolute atomic E-state index is 13.9. The molecule has 1 atom stereocenters. The number of hydrogen-bond acceptors (Lipinski definition) is 6. The van der Waals surface area contributed by atoms with Crippen LogP contribution < -0.4 is 16.0 Å². The quantitative estimate of drug-likeness (QED) is 0.102. The Morgan fingerprint density at radius 2 is 1.50 bits per heavy atom. The van der Waals surface area contributed by atoms with E-state index >= 15 is 0 Å². The van der Waals surface area contributed by atoms with E-state index in [2.05, 4.69) is 22.0 Å². The lowest BCUT2D eigenvalue weighted by atomic mass is 9.96. The first kappa shape index (κ1) is 32.5. The molecular formula is C39H32N4O3S2. The monoisotopic (exact) mass is 668 g/mol. The van der Waals surface area contributed by atoms with Gasteiger partial charge >= 0.3 is 0 Å². The summed E-state index contributed by atoms with van der Waals surface area (Å²) in [7, 11) is 0. The molecule has 0 saturated carbocycles. The molecule has 1 unspecified atom stereocenters. The predicted octanol–water partition coefficient (Wildman–Crippen LogP) is 8.38. The number of nitriles is 1. The molecule has 3 N–H and O–H groups in total. The van der Waals surface area contributed by atoms with Crippen LogP contribution in [-0.2, 0) is 22.4 Å². The Balaban J connectivity index is 1.23. The molecule has 48 heavy (non-hydrogen) atoms. The van der Waals surface area contributed by atoms with Gasteiger partial charge in [-0.05, 0) is 78.8 Å². The van der Waals surface area contributed by atoms with Gasteiger partial charge in [0, 0.05) is 21.0 Å². The van der Waals surface area contributed by atoms with Gasteiger partial charge in [-0.25, -0.2) is 0 Å². The fourth-order valence-electron chi connectivity index (χ4n) is 5.49. The first-order chi connectivity index (χ1) is 23.5. The molecule has 7 nitrogen and oxygen atoms in total. The fourth-order valence-corrected chi connectivity index (χ4v) is 7.82. The summed E-state index contributed by atoms with van der Waals surface area (Å²) in [6, 6.07) is 37.1. The SMILES string of the molecule is N#Cc1c(NC(=O)C(Sc2cccc(NC(=O)/C(=C/c3ccccc3)NC(=O)c3ccccc3)c2)c2ccccc2)sc2c1CCCC2. The summed E-state index contributed by atoms with van der Waals surface area (Å²) in [6.07, 6.45) is 5.55. The van der Waals surface area contributed by atoms with Crippen LogP contribution in [0.1, 0.15) is 55.6 Å². The normalized spacial score (nSPS) is 13.0. The number of amides is 3. The molecule has 0 radical (unpaired) electrons. The van der Waals surface area contributed by atoms with Crippen molar-refractivity contribution in [2.45, 2.75) is 35.8 Å². The molecule has 0 spiro atoms. The summed E-state index contributed by atoms with van der Waals surface area (Å²) < 4.78 is 0. The Hall–Kier alpha value is -5.43. The fraction of sp³-hybridized carbons (Fsp3) is 0.128. The first-order valence-electron chi connectivity index (χ1n) is 15.6. The van der Waals surface area contributed by atoms with Crippen LogP contribution in [0.5, 0.6) is 0 Å². The topological polar surface area (TPSA) is 111 Å². The van der Waals surface area contributed by atoms with Gasteiger partial charge in [-0.15, -0.1) is 23.1 Å². The van der Waals surface area contributed by atoms with E-state index in [4.69, 9.17) is 0 Å². The summed E-state index contributed by atoms with van der Waals surface area (Å²) in [4.78, 5) is 42.4. The van der Waals surface area contributed by atoms with Gasteiger partial charge in [0.05, 0.1) is 5.56 Å². The van der Waals surface area contributed by atoms with Crippen molar-refractivity contribution < 1.29 is 14.4 Å². The lowest BCUT2D eigenvalue weighted by Crippen LogP contribution is -2.30. The van der Waals surface area contributed by atoms with E-state index in [-0.39, 0.29) is 11.6 Å². The van der Waals surface area contributed by atoms with E-state index in [1.807, 2.05) is 78.9 Å². The van der Waals surface area contributed by atoms with Crippen molar-refractivity contribution in [1.82, 2.24) is 5.32 Å². The van der Waals surface area contributed by atoms with Gasteiger partial charge in [0.15, 0.2) is 0 Å². The van der Waals surface area contributed by atoms with Gasteiger partial charge < -0.3 is 16.0 Å². The Morgan fingerprint density at radius 1 is 0.812 bits per heavy atom. The van der Waals surface area contributed by atoms with Crippen LogP contribution in [0.4, 0.5) is 10.7 Å². The highest BCUT2D eigenvalue weighted by Gasteiger charge is 2.27. The van der Waals surface area contributed by atoms with E-state index < -0.39 is 17.1 Å². The second-order valence-corrected chi connectivity index (χ2v) is 13.5. The zero-order valence-corrected chi connectivity index (χ0v) is 27.6. The molecule has 1 aliphatic rings. The van der Waals surface area contributed by atoms with Crippen molar-refractivity contribution >= 4 is 57.6 Å². The molecule has 1 aliphatic carbocycles. The number of rotatable bonds is 10. The molecule has 5 aromatic rings. The summed E-state index contributed by atoms with van der Waals surface area (Å²) in [6.45, 7) is 0. The van der Waals surface area contributed by atoms with Gasteiger partial charge in [0.2, 0.25) is 5.91 Å². The van der Waals surface area contributed by atoms with Crippen molar-refractivity contribution in [2.75, 3.05) is 10.6 Å².